The van der Waals surface area contributed by atoms with Crippen LogP contribution in [0.5, 0.6) is 0 Å². The molecular weight excluding hydrogens is 250 g/mol. The average Bonchev–Trinajstić information content (AvgIpc) is 2.53. The van der Waals surface area contributed by atoms with Crippen molar-refractivity contribution in [2.75, 3.05) is 13.2 Å². The number of aliphatic hydroxyl groups excluding tert-OH is 1. The summed E-state index contributed by atoms with van der Waals surface area (Å²) in [6, 6.07) is 18.4. The van der Waals surface area contributed by atoms with Gasteiger partial charge < -0.3 is 9.84 Å². The van der Waals surface area contributed by atoms with Gasteiger partial charge in [-0.1, -0.05) is 54.6 Å². The quantitative estimate of drug-likeness (QED) is 0.896. The first-order valence-electron chi connectivity index (χ1n) is 6.96. The molecule has 2 atom stereocenters. The smallest absolute Gasteiger partial charge is 0.0721 e. The highest BCUT2D eigenvalue weighted by Crippen LogP contribution is 2.27. The lowest BCUT2D eigenvalue weighted by Gasteiger charge is -2.30. The van der Waals surface area contributed by atoms with Crippen LogP contribution in [0, 0.1) is 0 Å². The fraction of sp³-hybridized carbons (Fsp3) is 0.294. The van der Waals surface area contributed by atoms with E-state index in [9.17, 15) is 5.11 Å². The van der Waals surface area contributed by atoms with E-state index in [1.165, 1.54) is 11.1 Å². The molecule has 0 saturated heterocycles. The number of aliphatic hydroxyl groups is 1. The first-order chi connectivity index (χ1) is 9.88. The lowest BCUT2D eigenvalue weighted by Crippen LogP contribution is -2.34. The Morgan fingerprint density at radius 2 is 1.85 bits per heavy atom. The van der Waals surface area contributed by atoms with Gasteiger partial charge in [0, 0.05) is 0 Å². The molecule has 0 spiro atoms. The topological polar surface area (TPSA) is 41.5 Å². The van der Waals surface area contributed by atoms with Crippen molar-refractivity contribution in [1.82, 2.24) is 5.32 Å². The Balaban J connectivity index is 1.81. The largest absolute Gasteiger partial charge is 0.394 e. The highest BCUT2D eigenvalue weighted by Gasteiger charge is 2.23. The van der Waals surface area contributed by atoms with Crippen LogP contribution in [0.3, 0.4) is 0 Å². The Hall–Kier alpha value is -1.68. The molecule has 2 aromatic carbocycles. The van der Waals surface area contributed by atoms with Crippen LogP contribution in [0.4, 0.5) is 0 Å². The van der Waals surface area contributed by atoms with Crippen molar-refractivity contribution in [3.8, 4) is 0 Å². The van der Waals surface area contributed by atoms with E-state index >= 15 is 0 Å². The lowest BCUT2D eigenvalue weighted by atomic mass is 9.97. The molecule has 1 aliphatic rings. The molecular formula is C17H19NO2. The number of nitrogens with one attached hydrogen (secondary N) is 1. The Labute approximate surface area is 119 Å². The minimum absolute atomic E-state index is 0.0721. The SMILES string of the molecule is OC[C@@H](NC1COCc2ccccc21)c1ccccc1. The van der Waals surface area contributed by atoms with E-state index in [0.717, 1.165) is 5.56 Å². The summed E-state index contributed by atoms with van der Waals surface area (Å²) in [4.78, 5) is 0. The number of rotatable bonds is 4. The first kappa shape index (κ1) is 13.3. The van der Waals surface area contributed by atoms with Crippen molar-refractivity contribution in [1.29, 1.82) is 0 Å². The molecule has 2 N–H and O–H groups in total. The van der Waals surface area contributed by atoms with Gasteiger partial charge in [-0.25, -0.2) is 0 Å². The summed E-state index contributed by atoms with van der Waals surface area (Å²) in [5, 5.41) is 13.2. The van der Waals surface area contributed by atoms with Gasteiger partial charge in [-0.2, -0.15) is 0 Å². The molecule has 3 rings (SSSR count). The molecule has 3 heteroatoms. The van der Waals surface area contributed by atoms with Gasteiger partial charge in [0.05, 0.1) is 31.9 Å². The van der Waals surface area contributed by atoms with Crippen LogP contribution in [0.25, 0.3) is 0 Å². The minimum Gasteiger partial charge on any atom is -0.394 e. The fourth-order valence-corrected chi connectivity index (χ4v) is 2.70. The van der Waals surface area contributed by atoms with Gasteiger partial charge in [0.15, 0.2) is 0 Å². The molecule has 0 aliphatic carbocycles. The molecule has 3 nitrogen and oxygen atoms in total. The van der Waals surface area contributed by atoms with Crippen molar-refractivity contribution in [2.45, 2.75) is 18.7 Å². The highest BCUT2D eigenvalue weighted by atomic mass is 16.5. The third-order valence-corrected chi connectivity index (χ3v) is 3.76. The van der Waals surface area contributed by atoms with Gasteiger partial charge in [-0.15, -0.1) is 0 Å². The summed E-state index contributed by atoms with van der Waals surface area (Å²) in [7, 11) is 0. The summed E-state index contributed by atoms with van der Waals surface area (Å²) in [6.45, 7) is 1.38. The van der Waals surface area contributed by atoms with E-state index < -0.39 is 0 Å². The van der Waals surface area contributed by atoms with Crippen molar-refractivity contribution < 1.29 is 9.84 Å². The Bertz CT molecular complexity index is 556. The van der Waals surface area contributed by atoms with Crippen molar-refractivity contribution in [3.63, 3.8) is 0 Å². The third-order valence-electron chi connectivity index (χ3n) is 3.76. The molecule has 0 bridgehead atoms. The molecule has 0 saturated carbocycles. The van der Waals surface area contributed by atoms with Gasteiger partial charge in [-0.05, 0) is 16.7 Å². The second kappa shape index (κ2) is 6.18. The summed E-state index contributed by atoms with van der Waals surface area (Å²) in [6.07, 6.45) is 0. The van der Waals surface area contributed by atoms with Crippen LogP contribution in [-0.4, -0.2) is 18.3 Å². The van der Waals surface area contributed by atoms with Gasteiger partial charge in [0.25, 0.3) is 0 Å². The molecule has 20 heavy (non-hydrogen) atoms. The van der Waals surface area contributed by atoms with Crippen molar-refractivity contribution in [3.05, 3.63) is 71.3 Å². The average molecular weight is 269 g/mol. The monoisotopic (exact) mass is 269 g/mol. The Kier molecular flexibility index (Phi) is 4.11. The predicted octanol–water partition coefficient (Wildman–Crippen LogP) is 2.58. The van der Waals surface area contributed by atoms with Crippen LogP contribution in [0.15, 0.2) is 54.6 Å². The maximum Gasteiger partial charge on any atom is 0.0721 e. The molecule has 1 unspecified atom stereocenters. The number of hydrogen-bond donors (Lipinski definition) is 2. The normalized spacial score (nSPS) is 19.4. The van der Waals surface area contributed by atoms with Gasteiger partial charge >= 0.3 is 0 Å². The zero-order chi connectivity index (χ0) is 13.8. The maximum atomic E-state index is 9.65. The number of hydrogen-bond acceptors (Lipinski definition) is 3. The molecule has 1 heterocycles. The lowest BCUT2D eigenvalue weighted by molar-refractivity contribution is 0.0744. The Morgan fingerprint density at radius 3 is 2.65 bits per heavy atom. The zero-order valence-corrected chi connectivity index (χ0v) is 11.3. The summed E-state index contributed by atoms with van der Waals surface area (Å²) >= 11 is 0. The van der Waals surface area contributed by atoms with Crippen molar-refractivity contribution >= 4 is 0 Å². The number of ether oxygens (including phenoxy) is 1. The standard InChI is InChI=1S/C17H19NO2/c19-10-16(13-6-2-1-3-7-13)18-17-12-20-11-14-8-4-5-9-15(14)17/h1-9,16-19H,10-12H2/t16-,17?/m1/s1. The van der Waals surface area contributed by atoms with Crippen LogP contribution in [-0.2, 0) is 11.3 Å². The highest BCUT2D eigenvalue weighted by molar-refractivity contribution is 5.31. The van der Waals surface area contributed by atoms with Crippen LogP contribution in [0.1, 0.15) is 28.8 Å². The van der Waals surface area contributed by atoms with Gasteiger partial charge in [0.1, 0.15) is 0 Å². The molecule has 0 aromatic heterocycles. The van der Waals surface area contributed by atoms with E-state index in [2.05, 4.69) is 23.5 Å². The van der Waals surface area contributed by atoms with Crippen molar-refractivity contribution in [2.24, 2.45) is 0 Å². The van der Waals surface area contributed by atoms with E-state index in [0.29, 0.717) is 13.2 Å². The van der Waals surface area contributed by atoms with Gasteiger partial charge in [-0.3, -0.25) is 5.32 Å². The molecule has 0 radical (unpaired) electrons. The van der Waals surface area contributed by atoms with E-state index in [1.54, 1.807) is 0 Å². The molecule has 0 amide bonds. The molecule has 104 valence electrons. The maximum absolute atomic E-state index is 9.65. The zero-order valence-electron chi connectivity index (χ0n) is 11.3. The van der Waals surface area contributed by atoms with Crippen LogP contribution < -0.4 is 5.32 Å². The summed E-state index contributed by atoms with van der Waals surface area (Å²) in [5.74, 6) is 0. The van der Waals surface area contributed by atoms with Crippen LogP contribution in [0.2, 0.25) is 0 Å². The predicted molar refractivity (Wildman–Crippen MR) is 78.2 cm³/mol. The Morgan fingerprint density at radius 1 is 1.10 bits per heavy atom. The molecule has 2 aromatic rings. The van der Waals surface area contributed by atoms with Crippen LogP contribution >= 0.6 is 0 Å². The second-order valence-corrected chi connectivity index (χ2v) is 5.08. The first-order valence-corrected chi connectivity index (χ1v) is 6.96. The van der Waals surface area contributed by atoms with Gasteiger partial charge in [0.2, 0.25) is 0 Å². The van der Waals surface area contributed by atoms with E-state index in [4.69, 9.17) is 4.74 Å². The summed E-state index contributed by atoms with van der Waals surface area (Å²) < 4.78 is 5.65. The summed E-state index contributed by atoms with van der Waals surface area (Å²) in [5.41, 5.74) is 3.59. The second-order valence-electron chi connectivity index (χ2n) is 5.08. The van der Waals surface area contributed by atoms with E-state index in [1.807, 2.05) is 36.4 Å². The number of fused-ring (bicyclic) bond motifs is 1. The van der Waals surface area contributed by atoms with E-state index in [-0.39, 0.29) is 18.7 Å². The number of benzene rings is 2. The third kappa shape index (κ3) is 2.75. The molecule has 1 aliphatic heterocycles. The minimum atomic E-state index is -0.0732. The fourth-order valence-electron chi connectivity index (χ4n) is 2.70. The molecule has 0 fully saturated rings.